The standard InChI is InChI=1S/C26H32F2N4O5S/c1-4-17-6-5-7-18(8-17)14-29-15-24(33)23(11-19-9-20(27)12-21(28)10-19)31-25(34)13-22-16-37-26(30-22)32(2)38(3,35)36/h5-10,12,16,23-24,29,33H,4,11,13-15H2,1-3H3,(H,31,34)/t23-,24+/m0/s1. The summed E-state index contributed by atoms with van der Waals surface area (Å²) in [5.41, 5.74) is 2.65. The first-order chi connectivity index (χ1) is 17.9. The normalized spacial score (nSPS) is 13.2. The largest absolute Gasteiger partial charge is 0.431 e. The predicted molar refractivity (Wildman–Crippen MR) is 139 cm³/mol. The van der Waals surface area contributed by atoms with Gasteiger partial charge in [-0.25, -0.2) is 21.5 Å². The Kier molecular flexibility index (Phi) is 9.95. The van der Waals surface area contributed by atoms with E-state index in [9.17, 15) is 27.1 Å². The van der Waals surface area contributed by atoms with Crippen LogP contribution < -0.4 is 14.9 Å². The van der Waals surface area contributed by atoms with Crippen LogP contribution in [0.3, 0.4) is 0 Å². The fourth-order valence-corrected chi connectivity index (χ4v) is 4.19. The number of anilines is 1. The van der Waals surface area contributed by atoms with Gasteiger partial charge in [-0.3, -0.25) is 4.79 Å². The molecule has 206 valence electrons. The molecule has 1 amide bonds. The summed E-state index contributed by atoms with van der Waals surface area (Å²) in [6, 6.07) is 9.95. The van der Waals surface area contributed by atoms with Crippen LogP contribution in [0.1, 0.15) is 29.3 Å². The monoisotopic (exact) mass is 550 g/mol. The molecule has 1 heterocycles. The molecule has 0 aliphatic heterocycles. The summed E-state index contributed by atoms with van der Waals surface area (Å²) in [4.78, 5) is 16.8. The molecule has 0 aliphatic carbocycles. The Labute approximate surface area is 220 Å². The number of aromatic nitrogens is 1. The van der Waals surface area contributed by atoms with Crippen molar-refractivity contribution in [3.05, 3.63) is 82.7 Å². The zero-order valence-corrected chi connectivity index (χ0v) is 22.3. The van der Waals surface area contributed by atoms with Crippen molar-refractivity contribution in [2.24, 2.45) is 0 Å². The lowest BCUT2D eigenvalue weighted by Crippen LogP contribution is -2.49. The van der Waals surface area contributed by atoms with Crippen molar-refractivity contribution >= 4 is 21.9 Å². The number of rotatable bonds is 13. The number of aliphatic hydroxyl groups excluding tert-OH is 1. The minimum atomic E-state index is -3.60. The Balaban J connectivity index is 1.68. The number of hydrogen-bond donors (Lipinski definition) is 3. The first-order valence-electron chi connectivity index (χ1n) is 12.0. The summed E-state index contributed by atoms with van der Waals surface area (Å²) < 4.78 is 56.9. The number of halogens is 2. The molecule has 2 aromatic carbocycles. The van der Waals surface area contributed by atoms with E-state index in [2.05, 4.69) is 28.6 Å². The highest BCUT2D eigenvalue weighted by atomic mass is 32.2. The third kappa shape index (κ3) is 8.61. The topological polar surface area (TPSA) is 125 Å². The molecule has 3 aromatic rings. The maximum atomic E-state index is 13.8. The number of benzene rings is 2. The Morgan fingerprint density at radius 2 is 1.82 bits per heavy atom. The van der Waals surface area contributed by atoms with Gasteiger partial charge in [0.05, 0.1) is 30.5 Å². The summed E-state index contributed by atoms with van der Waals surface area (Å²) in [7, 11) is -2.34. The first kappa shape index (κ1) is 29.2. The Morgan fingerprint density at radius 3 is 2.47 bits per heavy atom. The third-order valence-electron chi connectivity index (χ3n) is 5.92. The highest BCUT2D eigenvalue weighted by Crippen LogP contribution is 2.16. The molecule has 3 rings (SSSR count). The van der Waals surface area contributed by atoms with Gasteiger partial charge >= 0.3 is 6.01 Å². The lowest BCUT2D eigenvalue weighted by molar-refractivity contribution is -0.122. The molecule has 0 spiro atoms. The zero-order valence-electron chi connectivity index (χ0n) is 21.4. The number of nitrogens with zero attached hydrogens (tertiary/aromatic N) is 2. The van der Waals surface area contributed by atoms with Crippen LogP contribution in [0.25, 0.3) is 0 Å². The average molecular weight is 551 g/mol. The van der Waals surface area contributed by atoms with E-state index in [1.807, 2.05) is 18.2 Å². The molecule has 12 heteroatoms. The van der Waals surface area contributed by atoms with Crippen LogP contribution in [0.4, 0.5) is 14.8 Å². The van der Waals surface area contributed by atoms with Gasteiger partial charge in [-0.2, -0.15) is 4.98 Å². The van der Waals surface area contributed by atoms with E-state index in [-0.39, 0.29) is 36.7 Å². The maximum Gasteiger partial charge on any atom is 0.311 e. The molecule has 0 aliphatic rings. The van der Waals surface area contributed by atoms with E-state index < -0.39 is 39.7 Å². The summed E-state index contributed by atoms with van der Waals surface area (Å²) >= 11 is 0. The Hall–Kier alpha value is -3.35. The van der Waals surface area contributed by atoms with Crippen LogP contribution in [-0.2, 0) is 40.6 Å². The van der Waals surface area contributed by atoms with Gasteiger partial charge in [0, 0.05) is 26.2 Å². The van der Waals surface area contributed by atoms with Crippen LogP contribution in [0.5, 0.6) is 0 Å². The highest BCUT2D eigenvalue weighted by Gasteiger charge is 2.24. The van der Waals surface area contributed by atoms with Gasteiger partial charge in [-0.15, -0.1) is 0 Å². The fourth-order valence-electron chi connectivity index (χ4n) is 3.82. The van der Waals surface area contributed by atoms with E-state index in [0.29, 0.717) is 6.54 Å². The van der Waals surface area contributed by atoms with Crippen LogP contribution in [-0.4, -0.2) is 56.4 Å². The molecule has 9 nitrogen and oxygen atoms in total. The number of oxazole rings is 1. The lowest BCUT2D eigenvalue weighted by atomic mass is 10.00. The van der Waals surface area contributed by atoms with Gasteiger partial charge in [0.25, 0.3) is 0 Å². The maximum absolute atomic E-state index is 13.8. The summed E-state index contributed by atoms with van der Waals surface area (Å²) in [5.74, 6) is -2.07. The van der Waals surface area contributed by atoms with Crippen molar-refractivity contribution in [3.8, 4) is 0 Å². The minimum absolute atomic E-state index is 0.0323. The van der Waals surface area contributed by atoms with Gasteiger partial charge in [-0.05, 0) is 41.7 Å². The molecular formula is C26H32F2N4O5S. The molecule has 0 saturated carbocycles. The second-order valence-electron chi connectivity index (χ2n) is 9.06. The summed E-state index contributed by atoms with van der Waals surface area (Å²) in [6.45, 7) is 2.64. The fraction of sp³-hybridized carbons (Fsp3) is 0.385. The van der Waals surface area contributed by atoms with E-state index in [0.717, 1.165) is 47.0 Å². The Bertz CT molecular complexity index is 1330. The number of amides is 1. The van der Waals surface area contributed by atoms with Crippen molar-refractivity contribution in [3.63, 3.8) is 0 Å². The molecule has 3 N–H and O–H groups in total. The van der Waals surface area contributed by atoms with Crippen LogP contribution in [0.15, 0.2) is 53.1 Å². The van der Waals surface area contributed by atoms with Crippen molar-refractivity contribution in [1.82, 2.24) is 15.6 Å². The smallest absolute Gasteiger partial charge is 0.311 e. The zero-order chi connectivity index (χ0) is 27.9. The number of carbonyl (C=O) groups is 1. The number of hydrogen-bond acceptors (Lipinski definition) is 7. The van der Waals surface area contributed by atoms with E-state index in [4.69, 9.17) is 4.42 Å². The molecule has 0 saturated heterocycles. The molecule has 38 heavy (non-hydrogen) atoms. The predicted octanol–water partition coefficient (Wildman–Crippen LogP) is 2.33. The van der Waals surface area contributed by atoms with E-state index in [1.54, 1.807) is 0 Å². The van der Waals surface area contributed by atoms with Gasteiger partial charge in [0.2, 0.25) is 15.9 Å². The van der Waals surface area contributed by atoms with E-state index in [1.165, 1.54) is 12.6 Å². The van der Waals surface area contributed by atoms with Gasteiger partial charge in [-0.1, -0.05) is 31.2 Å². The highest BCUT2D eigenvalue weighted by molar-refractivity contribution is 7.92. The lowest BCUT2D eigenvalue weighted by Gasteiger charge is -2.25. The minimum Gasteiger partial charge on any atom is -0.431 e. The molecule has 0 unspecified atom stereocenters. The number of sulfonamides is 1. The van der Waals surface area contributed by atoms with Crippen molar-refractivity contribution in [2.45, 2.75) is 44.9 Å². The van der Waals surface area contributed by atoms with Crippen molar-refractivity contribution in [1.29, 1.82) is 0 Å². The molecule has 0 radical (unpaired) electrons. The molecule has 2 atom stereocenters. The first-order valence-corrected chi connectivity index (χ1v) is 13.9. The third-order valence-corrected chi connectivity index (χ3v) is 7.07. The second-order valence-corrected chi connectivity index (χ2v) is 11.1. The van der Waals surface area contributed by atoms with Crippen LogP contribution in [0.2, 0.25) is 0 Å². The quantitative estimate of drug-likeness (QED) is 0.298. The average Bonchev–Trinajstić information content (AvgIpc) is 3.30. The van der Waals surface area contributed by atoms with E-state index >= 15 is 0 Å². The second kappa shape index (κ2) is 12.9. The van der Waals surface area contributed by atoms with Crippen molar-refractivity contribution in [2.75, 3.05) is 24.2 Å². The van der Waals surface area contributed by atoms with Crippen LogP contribution >= 0.6 is 0 Å². The molecular weight excluding hydrogens is 518 g/mol. The van der Waals surface area contributed by atoms with Crippen molar-refractivity contribution < 1.29 is 31.5 Å². The number of aliphatic hydroxyl groups is 1. The molecule has 0 fully saturated rings. The van der Waals surface area contributed by atoms with Gasteiger partial charge < -0.3 is 20.2 Å². The Morgan fingerprint density at radius 1 is 1.13 bits per heavy atom. The number of nitrogens with one attached hydrogen (secondary N) is 2. The van der Waals surface area contributed by atoms with Crippen LogP contribution in [0, 0.1) is 11.6 Å². The van der Waals surface area contributed by atoms with Gasteiger partial charge in [0.1, 0.15) is 17.9 Å². The number of aryl methyl sites for hydroxylation is 1. The molecule has 1 aromatic heterocycles. The molecule has 0 bridgehead atoms. The van der Waals surface area contributed by atoms with Gasteiger partial charge in [0.15, 0.2) is 0 Å². The summed E-state index contributed by atoms with van der Waals surface area (Å²) in [5, 5.41) is 16.8. The summed E-state index contributed by atoms with van der Waals surface area (Å²) in [6.07, 6.45) is 1.65. The number of carbonyl (C=O) groups excluding carboxylic acids is 1. The SMILES string of the molecule is CCc1cccc(CNC[C@@H](O)[C@H](Cc2cc(F)cc(F)c2)NC(=O)Cc2coc(N(C)S(C)(=O)=O)n2)c1.